The molecular weight excluding hydrogens is 556 g/mol. The van der Waals surface area contributed by atoms with E-state index in [4.69, 9.17) is 0 Å². The summed E-state index contributed by atoms with van der Waals surface area (Å²) in [7, 11) is 0. The molecule has 0 radical (unpaired) electrons. The molecule has 2 heteroatoms. The van der Waals surface area contributed by atoms with Crippen molar-refractivity contribution in [3.8, 4) is 5.69 Å². The van der Waals surface area contributed by atoms with Crippen molar-refractivity contribution in [2.24, 2.45) is 0 Å². The van der Waals surface area contributed by atoms with Gasteiger partial charge in [-0.2, -0.15) is 0 Å². The molecule has 0 saturated heterocycles. The van der Waals surface area contributed by atoms with Gasteiger partial charge in [-0.1, -0.05) is 121 Å². The number of aromatic nitrogens is 1. The van der Waals surface area contributed by atoms with Crippen molar-refractivity contribution in [1.82, 2.24) is 4.57 Å². The van der Waals surface area contributed by atoms with Crippen LogP contribution in [0.4, 0.5) is 17.1 Å². The highest BCUT2D eigenvalue weighted by Crippen LogP contribution is 2.41. The Morgan fingerprint density at radius 2 is 1.04 bits per heavy atom. The third-order valence-electron chi connectivity index (χ3n) is 9.08. The highest BCUT2D eigenvalue weighted by molar-refractivity contribution is 6.24. The van der Waals surface area contributed by atoms with Crippen molar-refractivity contribution in [1.29, 1.82) is 0 Å². The number of fused-ring (bicyclic) bond motifs is 1. The fourth-order valence-corrected chi connectivity index (χ4v) is 7.00. The molecule has 1 aromatic heterocycles. The Morgan fingerprint density at radius 3 is 1.89 bits per heavy atom. The lowest BCUT2D eigenvalue weighted by Gasteiger charge is -2.27. The predicted octanol–water partition coefficient (Wildman–Crippen LogP) is 12.2. The van der Waals surface area contributed by atoms with E-state index in [0.717, 1.165) is 16.9 Å². The van der Waals surface area contributed by atoms with Crippen LogP contribution >= 0.6 is 0 Å². The van der Waals surface area contributed by atoms with E-state index in [1.807, 2.05) is 0 Å². The monoisotopic (exact) mass is 586 g/mol. The molecule has 0 spiro atoms. The van der Waals surface area contributed by atoms with Crippen LogP contribution in [0.1, 0.15) is 11.1 Å². The Labute approximate surface area is 268 Å². The minimum absolute atomic E-state index is 1.12. The average Bonchev–Trinajstić information content (AvgIpc) is 3.46. The second-order valence-electron chi connectivity index (χ2n) is 11.8. The first kappa shape index (κ1) is 26.3. The molecule has 2 nitrogen and oxygen atoms in total. The SMILES string of the molecule is C(=C\c1cc2ccc3cccc4c3c2c(c1)n4-c1ccccc1)/c1ccc(N(c2ccccc2)c2cccc3ccccc23)cc1. The molecule has 0 atom stereocenters. The standard InChI is InChI=1S/C44H30N2/c1-3-14-36(15-4-1)45(40-19-9-12-33-11-7-8-18-39(33)40)38-27-23-31(24-28-38)21-22-32-29-35-26-25-34-13-10-20-41-43(34)44(35)42(30-32)46(41)37-16-5-2-6-17-37/h1-30H/b22-21+. The lowest BCUT2D eigenvalue weighted by Crippen LogP contribution is -2.10. The van der Waals surface area contributed by atoms with Crippen LogP contribution in [0.25, 0.3) is 61.2 Å². The lowest BCUT2D eigenvalue weighted by molar-refractivity contribution is 1.18. The Kier molecular flexibility index (Phi) is 6.17. The molecule has 216 valence electrons. The van der Waals surface area contributed by atoms with Crippen LogP contribution in [0.5, 0.6) is 0 Å². The first-order valence-electron chi connectivity index (χ1n) is 15.8. The molecule has 0 N–H and O–H groups in total. The van der Waals surface area contributed by atoms with E-state index in [2.05, 4.69) is 191 Å². The quantitative estimate of drug-likeness (QED) is 0.139. The molecule has 1 heterocycles. The summed E-state index contributed by atoms with van der Waals surface area (Å²) in [6, 6.07) is 61.0. The molecule has 9 rings (SSSR count). The van der Waals surface area contributed by atoms with Gasteiger partial charge in [-0.15, -0.1) is 0 Å². The summed E-state index contributed by atoms with van der Waals surface area (Å²) in [5.74, 6) is 0. The zero-order chi connectivity index (χ0) is 30.5. The molecule has 0 bridgehead atoms. The van der Waals surface area contributed by atoms with Crippen LogP contribution in [0, 0.1) is 0 Å². The van der Waals surface area contributed by atoms with E-state index >= 15 is 0 Å². The van der Waals surface area contributed by atoms with Gasteiger partial charge in [0.2, 0.25) is 0 Å². The molecule has 0 fully saturated rings. The number of para-hydroxylation sites is 2. The van der Waals surface area contributed by atoms with Gasteiger partial charge >= 0.3 is 0 Å². The summed E-state index contributed by atoms with van der Waals surface area (Å²) in [5.41, 5.74) is 9.42. The van der Waals surface area contributed by atoms with Crippen LogP contribution in [0.3, 0.4) is 0 Å². The van der Waals surface area contributed by atoms with Gasteiger partial charge in [0.1, 0.15) is 0 Å². The van der Waals surface area contributed by atoms with Gasteiger partial charge in [0.25, 0.3) is 0 Å². The first-order chi connectivity index (χ1) is 22.8. The molecule has 0 amide bonds. The minimum atomic E-state index is 1.12. The van der Waals surface area contributed by atoms with Crippen LogP contribution in [-0.2, 0) is 0 Å². The molecular formula is C44H30N2. The van der Waals surface area contributed by atoms with Crippen molar-refractivity contribution < 1.29 is 0 Å². The van der Waals surface area contributed by atoms with E-state index < -0.39 is 0 Å². The summed E-state index contributed by atoms with van der Waals surface area (Å²) in [5, 5.41) is 7.66. The van der Waals surface area contributed by atoms with Gasteiger partial charge in [-0.25, -0.2) is 0 Å². The number of anilines is 3. The summed E-state index contributed by atoms with van der Waals surface area (Å²) in [6.07, 6.45) is 4.46. The van der Waals surface area contributed by atoms with Crippen molar-refractivity contribution in [2.45, 2.75) is 0 Å². The van der Waals surface area contributed by atoms with E-state index in [9.17, 15) is 0 Å². The van der Waals surface area contributed by atoms with E-state index in [-0.39, 0.29) is 0 Å². The highest BCUT2D eigenvalue weighted by atomic mass is 15.1. The third-order valence-corrected chi connectivity index (χ3v) is 9.08. The molecule has 0 aliphatic rings. The highest BCUT2D eigenvalue weighted by Gasteiger charge is 2.17. The normalized spacial score (nSPS) is 11.8. The van der Waals surface area contributed by atoms with Crippen LogP contribution in [0.2, 0.25) is 0 Å². The van der Waals surface area contributed by atoms with E-state index in [1.54, 1.807) is 0 Å². The molecule has 0 aliphatic heterocycles. The molecule has 0 unspecified atom stereocenters. The first-order valence-corrected chi connectivity index (χ1v) is 15.8. The summed E-state index contributed by atoms with van der Waals surface area (Å²) in [4.78, 5) is 2.34. The fraction of sp³-hybridized carbons (Fsp3) is 0. The van der Waals surface area contributed by atoms with Gasteiger partial charge in [-0.3, -0.25) is 0 Å². The van der Waals surface area contributed by atoms with Crippen molar-refractivity contribution >= 4 is 72.6 Å². The molecule has 9 aromatic rings. The second kappa shape index (κ2) is 10.8. The Bertz CT molecular complexity index is 2500. The van der Waals surface area contributed by atoms with Gasteiger partial charge < -0.3 is 9.47 Å². The van der Waals surface area contributed by atoms with Gasteiger partial charge in [0.05, 0.1) is 16.7 Å². The van der Waals surface area contributed by atoms with Crippen LogP contribution in [0.15, 0.2) is 170 Å². The van der Waals surface area contributed by atoms with Gasteiger partial charge in [0.15, 0.2) is 0 Å². The average molecular weight is 587 g/mol. The van der Waals surface area contributed by atoms with E-state index in [0.29, 0.717) is 0 Å². The Morgan fingerprint density at radius 1 is 0.413 bits per heavy atom. The number of hydrogen-bond acceptors (Lipinski definition) is 1. The van der Waals surface area contributed by atoms with Gasteiger partial charge in [0, 0.05) is 33.2 Å². The van der Waals surface area contributed by atoms with Crippen molar-refractivity contribution in [2.75, 3.05) is 4.90 Å². The fourth-order valence-electron chi connectivity index (χ4n) is 7.00. The number of benzene rings is 8. The summed E-state index contributed by atoms with van der Waals surface area (Å²) >= 11 is 0. The van der Waals surface area contributed by atoms with Crippen molar-refractivity contribution in [3.63, 3.8) is 0 Å². The zero-order valence-corrected chi connectivity index (χ0v) is 25.2. The molecule has 0 saturated carbocycles. The number of rotatable bonds is 6. The second-order valence-corrected chi connectivity index (χ2v) is 11.8. The number of nitrogens with zero attached hydrogens (tertiary/aromatic N) is 2. The molecule has 0 aliphatic carbocycles. The van der Waals surface area contributed by atoms with Crippen LogP contribution in [-0.4, -0.2) is 4.57 Å². The van der Waals surface area contributed by atoms with Crippen molar-refractivity contribution in [3.05, 3.63) is 181 Å². The maximum atomic E-state index is 2.41. The Hall–Kier alpha value is -6.12. The number of hydrogen-bond donors (Lipinski definition) is 0. The maximum Gasteiger partial charge on any atom is 0.0553 e. The van der Waals surface area contributed by atoms with Gasteiger partial charge in [-0.05, 0) is 87.9 Å². The minimum Gasteiger partial charge on any atom is -0.310 e. The summed E-state index contributed by atoms with van der Waals surface area (Å²) < 4.78 is 2.41. The third kappa shape index (κ3) is 4.35. The smallest absolute Gasteiger partial charge is 0.0553 e. The largest absolute Gasteiger partial charge is 0.310 e. The predicted molar refractivity (Wildman–Crippen MR) is 197 cm³/mol. The zero-order valence-electron chi connectivity index (χ0n) is 25.2. The molecule has 8 aromatic carbocycles. The topological polar surface area (TPSA) is 8.17 Å². The maximum absolute atomic E-state index is 2.41. The van der Waals surface area contributed by atoms with Crippen LogP contribution < -0.4 is 4.90 Å². The Balaban J connectivity index is 1.12. The summed E-state index contributed by atoms with van der Waals surface area (Å²) in [6.45, 7) is 0. The molecule has 46 heavy (non-hydrogen) atoms. The van der Waals surface area contributed by atoms with E-state index in [1.165, 1.54) is 60.3 Å². The lowest BCUT2D eigenvalue weighted by atomic mass is 10.00.